The van der Waals surface area contributed by atoms with Crippen LogP contribution in [0.15, 0.2) is 17.8 Å². The molecule has 1 saturated heterocycles. The Hall–Kier alpha value is -0.870. The maximum absolute atomic E-state index is 4.64. The molecule has 0 aromatic carbocycles. The lowest BCUT2D eigenvalue weighted by atomic mass is 10.1. The van der Waals surface area contributed by atoms with Crippen molar-refractivity contribution in [2.24, 2.45) is 0 Å². The van der Waals surface area contributed by atoms with Crippen LogP contribution in [0, 0.1) is 0 Å². The van der Waals surface area contributed by atoms with Gasteiger partial charge in [-0.15, -0.1) is 11.3 Å². The van der Waals surface area contributed by atoms with E-state index in [9.17, 15) is 0 Å². The van der Waals surface area contributed by atoms with Crippen LogP contribution in [0.3, 0.4) is 0 Å². The summed E-state index contributed by atoms with van der Waals surface area (Å²) in [6, 6.07) is 0.632. The molecule has 3 heterocycles. The molecule has 3 nitrogen and oxygen atoms in total. The number of fused-ring (bicyclic) bond motifs is 1. The standard InChI is InChI=1S/C12H17N3S/c1-2-4-10(13-5-3-1)8-11-9-15-6-7-16-12(15)14-11/h6-7,9-10,13H,1-5,8H2. The van der Waals surface area contributed by atoms with Gasteiger partial charge in [-0.1, -0.05) is 12.8 Å². The molecule has 0 amide bonds. The zero-order chi connectivity index (χ0) is 10.8. The Morgan fingerprint density at radius 2 is 2.44 bits per heavy atom. The van der Waals surface area contributed by atoms with Crippen molar-refractivity contribution in [3.8, 4) is 0 Å². The van der Waals surface area contributed by atoms with E-state index >= 15 is 0 Å². The zero-order valence-corrected chi connectivity index (χ0v) is 10.2. The Morgan fingerprint density at radius 1 is 1.44 bits per heavy atom. The van der Waals surface area contributed by atoms with Crippen LogP contribution in [0.5, 0.6) is 0 Å². The molecule has 0 spiro atoms. The van der Waals surface area contributed by atoms with E-state index < -0.39 is 0 Å². The number of nitrogens with one attached hydrogen (secondary N) is 1. The van der Waals surface area contributed by atoms with Gasteiger partial charge < -0.3 is 5.32 Å². The monoisotopic (exact) mass is 235 g/mol. The van der Waals surface area contributed by atoms with Crippen molar-refractivity contribution in [3.05, 3.63) is 23.5 Å². The summed E-state index contributed by atoms with van der Waals surface area (Å²) in [4.78, 5) is 5.75. The second-order valence-electron chi connectivity index (χ2n) is 4.53. The van der Waals surface area contributed by atoms with Crippen LogP contribution in [0.1, 0.15) is 31.4 Å². The summed E-state index contributed by atoms with van der Waals surface area (Å²) in [5.74, 6) is 0. The van der Waals surface area contributed by atoms with Gasteiger partial charge in [-0.2, -0.15) is 0 Å². The lowest BCUT2D eigenvalue weighted by molar-refractivity contribution is 0.504. The van der Waals surface area contributed by atoms with Crippen molar-refractivity contribution in [1.82, 2.24) is 14.7 Å². The van der Waals surface area contributed by atoms with Crippen LogP contribution >= 0.6 is 11.3 Å². The second kappa shape index (κ2) is 4.55. The molecule has 0 aliphatic carbocycles. The van der Waals surface area contributed by atoms with Crippen molar-refractivity contribution < 1.29 is 0 Å². The van der Waals surface area contributed by atoms with Crippen LogP contribution in [0.4, 0.5) is 0 Å². The Morgan fingerprint density at radius 3 is 3.38 bits per heavy atom. The summed E-state index contributed by atoms with van der Waals surface area (Å²) in [5.41, 5.74) is 1.23. The molecule has 16 heavy (non-hydrogen) atoms. The van der Waals surface area contributed by atoms with Crippen molar-refractivity contribution in [2.75, 3.05) is 6.54 Å². The first-order valence-electron chi connectivity index (χ1n) is 6.06. The quantitative estimate of drug-likeness (QED) is 0.866. The fourth-order valence-corrected chi connectivity index (χ4v) is 3.12. The molecular weight excluding hydrogens is 218 g/mol. The largest absolute Gasteiger partial charge is 0.314 e. The van der Waals surface area contributed by atoms with Gasteiger partial charge in [0, 0.05) is 30.2 Å². The van der Waals surface area contributed by atoms with Crippen LogP contribution in [0.2, 0.25) is 0 Å². The van der Waals surface area contributed by atoms with E-state index in [1.54, 1.807) is 11.3 Å². The van der Waals surface area contributed by atoms with Crippen LogP contribution < -0.4 is 5.32 Å². The van der Waals surface area contributed by atoms with E-state index in [2.05, 4.69) is 32.5 Å². The Kier molecular flexibility index (Phi) is 2.93. The first kappa shape index (κ1) is 10.3. The second-order valence-corrected chi connectivity index (χ2v) is 5.40. The summed E-state index contributed by atoms with van der Waals surface area (Å²) in [6.45, 7) is 1.17. The van der Waals surface area contributed by atoms with Gasteiger partial charge >= 0.3 is 0 Å². The summed E-state index contributed by atoms with van der Waals surface area (Å²) in [5, 5.41) is 5.70. The Labute approximate surface area is 99.5 Å². The number of rotatable bonds is 2. The van der Waals surface area contributed by atoms with Gasteiger partial charge in [0.2, 0.25) is 0 Å². The molecule has 86 valence electrons. The van der Waals surface area contributed by atoms with Crippen LogP contribution in [-0.2, 0) is 6.42 Å². The third kappa shape index (κ3) is 2.13. The summed E-state index contributed by atoms with van der Waals surface area (Å²) in [6.07, 6.45) is 10.7. The molecule has 1 N–H and O–H groups in total. The highest BCUT2D eigenvalue weighted by molar-refractivity contribution is 7.15. The molecular formula is C12H17N3S. The predicted octanol–water partition coefficient (Wildman–Crippen LogP) is 2.47. The number of thiazole rings is 1. The summed E-state index contributed by atoms with van der Waals surface area (Å²) in [7, 11) is 0. The Balaban J connectivity index is 1.71. The van der Waals surface area contributed by atoms with Gasteiger partial charge in [0.25, 0.3) is 0 Å². The molecule has 2 aromatic rings. The van der Waals surface area contributed by atoms with E-state index in [0.29, 0.717) is 6.04 Å². The molecule has 1 aliphatic heterocycles. The smallest absolute Gasteiger partial charge is 0.193 e. The van der Waals surface area contributed by atoms with E-state index in [4.69, 9.17) is 0 Å². The molecule has 0 bridgehead atoms. The fourth-order valence-electron chi connectivity index (χ4n) is 2.40. The average molecular weight is 235 g/mol. The third-order valence-corrected chi connectivity index (χ3v) is 4.03. The van der Waals surface area contributed by atoms with E-state index in [1.165, 1.54) is 37.9 Å². The fraction of sp³-hybridized carbons (Fsp3) is 0.583. The molecule has 1 atom stereocenters. The van der Waals surface area contributed by atoms with Crippen molar-refractivity contribution in [3.63, 3.8) is 0 Å². The Bertz CT molecular complexity index is 423. The molecule has 0 radical (unpaired) electrons. The van der Waals surface area contributed by atoms with Gasteiger partial charge in [-0.3, -0.25) is 4.40 Å². The number of imidazole rings is 1. The van der Waals surface area contributed by atoms with Crippen LogP contribution in [0.25, 0.3) is 4.96 Å². The molecule has 2 aromatic heterocycles. The van der Waals surface area contributed by atoms with Gasteiger partial charge in [0.05, 0.1) is 5.69 Å². The van der Waals surface area contributed by atoms with Crippen molar-refractivity contribution >= 4 is 16.3 Å². The predicted molar refractivity (Wildman–Crippen MR) is 67.0 cm³/mol. The summed E-state index contributed by atoms with van der Waals surface area (Å²) < 4.78 is 2.12. The maximum Gasteiger partial charge on any atom is 0.193 e. The first-order chi connectivity index (χ1) is 7.92. The van der Waals surface area contributed by atoms with Crippen molar-refractivity contribution in [2.45, 2.75) is 38.1 Å². The molecule has 1 fully saturated rings. The minimum atomic E-state index is 0.632. The molecule has 1 aliphatic rings. The minimum absolute atomic E-state index is 0.632. The highest BCUT2D eigenvalue weighted by atomic mass is 32.1. The topological polar surface area (TPSA) is 29.3 Å². The van der Waals surface area contributed by atoms with E-state index in [-0.39, 0.29) is 0 Å². The van der Waals surface area contributed by atoms with Crippen LogP contribution in [-0.4, -0.2) is 22.0 Å². The highest BCUT2D eigenvalue weighted by Gasteiger charge is 2.13. The first-order valence-corrected chi connectivity index (χ1v) is 6.94. The van der Waals surface area contributed by atoms with Crippen molar-refractivity contribution in [1.29, 1.82) is 0 Å². The average Bonchev–Trinajstić information content (AvgIpc) is 2.72. The highest BCUT2D eigenvalue weighted by Crippen LogP contribution is 2.15. The zero-order valence-electron chi connectivity index (χ0n) is 9.35. The molecule has 4 heteroatoms. The van der Waals surface area contributed by atoms with Gasteiger partial charge in [-0.05, 0) is 19.4 Å². The number of hydrogen-bond acceptors (Lipinski definition) is 3. The normalized spacial score (nSPS) is 22.4. The lowest BCUT2D eigenvalue weighted by Gasteiger charge is -2.13. The maximum atomic E-state index is 4.64. The van der Waals surface area contributed by atoms with E-state index in [1.807, 2.05) is 0 Å². The summed E-state index contributed by atoms with van der Waals surface area (Å²) >= 11 is 1.71. The number of aromatic nitrogens is 2. The van der Waals surface area contributed by atoms with Gasteiger partial charge in [0.15, 0.2) is 4.96 Å². The molecule has 0 saturated carbocycles. The number of hydrogen-bond donors (Lipinski definition) is 1. The minimum Gasteiger partial charge on any atom is -0.314 e. The van der Waals surface area contributed by atoms with Gasteiger partial charge in [0.1, 0.15) is 0 Å². The lowest BCUT2D eigenvalue weighted by Crippen LogP contribution is -2.30. The molecule has 1 unspecified atom stereocenters. The third-order valence-electron chi connectivity index (χ3n) is 3.26. The molecule has 3 rings (SSSR count). The van der Waals surface area contributed by atoms with E-state index in [0.717, 1.165) is 11.4 Å². The SMILES string of the molecule is c1cn2cc(CC3CCCCCN3)nc2s1. The number of nitrogens with zero attached hydrogens (tertiary/aromatic N) is 2. The van der Waals surface area contributed by atoms with Gasteiger partial charge in [-0.25, -0.2) is 4.98 Å².